The van der Waals surface area contributed by atoms with E-state index < -0.39 is 0 Å². The zero-order valence-corrected chi connectivity index (χ0v) is 11.3. The van der Waals surface area contributed by atoms with Gasteiger partial charge in [-0.15, -0.1) is 5.10 Å². The molecule has 0 aromatic carbocycles. The van der Waals surface area contributed by atoms with E-state index >= 15 is 0 Å². The molecular weight excluding hydrogens is 234 g/mol. The molecule has 0 unspecified atom stereocenters. The number of ether oxygens (including phenoxy) is 2. The van der Waals surface area contributed by atoms with Gasteiger partial charge in [0.2, 0.25) is 0 Å². The van der Waals surface area contributed by atoms with Crippen LogP contribution in [0.3, 0.4) is 0 Å². The molecule has 18 heavy (non-hydrogen) atoms. The fraction of sp³-hybridized carbons (Fsp3) is 0.909. The molecular formula is C11H23N5O2. The highest BCUT2D eigenvalue weighted by atomic mass is 16.5. The number of nitrogens with zero attached hydrogens (tertiary/aromatic N) is 4. The second-order valence-electron chi connectivity index (χ2n) is 3.95. The Morgan fingerprint density at radius 2 is 2.17 bits per heavy atom. The van der Waals surface area contributed by atoms with Gasteiger partial charge in [0.25, 0.3) is 0 Å². The van der Waals surface area contributed by atoms with Crippen LogP contribution in [0.2, 0.25) is 0 Å². The Balaban J connectivity index is 2.18. The van der Waals surface area contributed by atoms with Crippen molar-refractivity contribution in [3.63, 3.8) is 0 Å². The van der Waals surface area contributed by atoms with Gasteiger partial charge in [0.15, 0.2) is 5.82 Å². The van der Waals surface area contributed by atoms with Crippen molar-refractivity contribution >= 4 is 0 Å². The minimum Gasteiger partial charge on any atom is -0.383 e. The maximum Gasteiger partial charge on any atom is 0.165 e. The van der Waals surface area contributed by atoms with E-state index in [0.717, 1.165) is 31.8 Å². The summed E-state index contributed by atoms with van der Waals surface area (Å²) in [5.74, 6) is 0.824. The molecule has 7 heteroatoms. The largest absolute Gasteiger partial charge is 0.383 e. The highest BCUT2D eigenvalue weighted by Crippen LogP contribution is 1.93. The molecule has 0 radical (unpaired) electrons. The van der Waals surface area contributed by atoms with E-state index in [-0.39, 0.29) is 0 Å². The van der Waals surface area contributed by atoms with Gasteiger partial charge in [-0.25, -0.2) is 4.68 Å². The van der Waals surface area contributed by atoms with Crippen LogP contribution in [0.15, 0.2) is 0 Å². The van der Waals surface area contributed by atoms with E-state index in [9.17, 15) is 0 Å². The maximum absolute atomic E-state index is 5.49. The van der Waals surface area contributed by atoms with Crippen molar-refractivity contribution in [2.75, 3.05) is 33.5 Å². The smallest absolute Gasteiger partial charge is 0.165 e. The fourth-order valence-electron chi connectivity index (χ4n) is 1.40. The number of aromatic nitrogens is 4. The number of hydrogen-bond donors (Lipinski definition) is 1. The lowest BCUT2D eigenvalue weighted by atomic mass is 10.4. The maximum atomic E-state index is 5.49. The van der Waals surface area contributed by atoms with Gasteiger partial charge in [-0.2, -0.15) is 0 Å². The van der Waals surface area contributed by atoms with Crippen molar-refractivity contribution in [2.24, 2.45) is 0 Å². The van der Waals surface area contributed by atoms with Crippen molar-refractivity contribution in [1.82, 2.24) is 25.5 Å². The molecule has 0 bridgehead atoms. The van der Waals surface area contributed by atoms with Crippen molar-refractivity contribution in [3.8, 4) is 0 Å². The number of methoxy groups -OCH3 is 1. The normalized spacial score (nSPS) is 11.0. The predicted molar refractivity (Wildman–Crippen MR) is 67.1 cm³/mol. The summed E-state index contributed by atoms with van der Waals surface area (Å²) in [5.41, 5.74) is 0. The lowest BCUT2D eigenvalue weighted by Crippen LogP contribution is -2.22. The molecule has 0 saturated heterocycles. The molecule has 104 valence electrons. The summed E-state index contributed by atoms with van der Waals surface area (Å²) < 4.78 is 12.2. The molecule has 1 rings (SSSR count). The molecule has 7 nitrogen and oxygen atoms in total. The summed E-state index contributed by atoms with van der Waals surface area (Å²) in [6, 6.07) is 0. The average molecular weight is 257 g/mol. The Kier molecular flexibility index (Phi) is 8.28. The van der Waals surface area contributed by atoms with Crippen molar-refractivity contribution in [2.45, 2.75) is 32.9 Å². The van der Waals surface area contributed by atoms with Gasteiger partial charge < -0.3 is 14.8 Å². The van der Waals surface area contributed by atoms with E-state index in [0.29, 0.717) is 26.3 Å². The lowest BCUT2D eigenvalue weighted by molar-refractivity contribution is 0.120. The molecule has 0 aliphatic heterocycles. The van der Waals surface area contributed by atoms with Gasteiger partial charge in [0.1, 0.15) is 0 Å². The summed E-state index contributed by atoms with van der Waals surface area (Å²) in [7, 11) is 1.68. The van der Waals surface area contributed by atoms with Crippen molar-refractivity contribution < 1.29 is 9.47 Å². The van der Waals surface area contributed by atoms with Gasteiger partial charge in [-0.3, -0.25) is 0 Å². The quantitative estimate of drug-likeness (QED) is 0.572. The van der Waals surface area contributed by atoms with Crippen LogP contribution < -0.4 is 5.32 Å². The third-order valence-corrected chi connectivity index (χ3v) is 2.46. The molecule has 0 spiro atoms. The summed E-state index contributed by atoms with van der Waals surface area (Å²) in [6.07, 6.45) is 2.25. The summed E-state index contributed by atoms with van der Waals surface area (Å²) in [5, 5.41) is 14.8. The van der Waals surface area contributed by atoms with E-state index in [1.165, 1.54) is 0 Å². The van der Waals surface area contributed by atoms with Crippen LogP contribution in [0, 0.1) is 0 Å². The molecule has 1 heterocycles. The number of hydrogen-bond acceptors (Lipinski definition) is 6. The van der Waals surface area contributed by atoms with Gasteiger partial charge in [-0.05, 0) is 16.8 Å². The Labute approximate surface area is 108 Å². The first-order chi connectivity index (χ1) is 8.88. The molecule has 0 amide bonds. The Hall–Kier alpha value is -1.05. The van der Waals surface area contributed by atoms with Crippen LogP contribution in [-0.2, 0) is 22.6 Å². The molecule has 1 aromatic rings. The minimum atomic E-state index is 0.644. The molecule has 0 atom stereocenters. The first-order valence-electron chi connectivity index (χ1n) is 6.41. The monoisotopic (exact) mass is 257 g/mol. The van der Waals surface area contributed by atoms with Gasteiger partial charge >= 0.3 is 0 Å². The van der Waals surface area contributed by atoms with Crippen LogP contribution in [0.4, 0.5) is 0 Å². The van der Waals surface area contributed by atoms with E-state index in [1.807, 2.05) is 0 Å². The zero-order valence-electron chi connectivity index (χ0n) is 11.3. The second-order valence-corrected chi connectivity index (χ2v) is 3.95. The number of nitrogens with one attached hydrogen (secondary N) is 1. The average Bonchev–Trinajstić information content (AvgIpc) is 2.82. The van der Waals surface area contributed by atoms with Crippen LogP contribution >= 0.6 is 0 Å². The topological polar surface area (TPSA) is 74.1 Å². The lowest BCUT2D eigenvalue weighted by Gasteiger charge is -2.06. The zero-order chi connectivity index (χ0) is 13.1. The molecule has 0 saturated carbocycles. The van der Waals surface area contributed by atoms with Gasteiger partial charge in [0.05, 0.1) is 26.3 Å². The second kappa shape index (κ2) is 9.93. The summed E-state index contributed by atoms with van der Waals surface area (Å²) in [4.78, 5) is 0. The molecule has 0 aliphatic rings. The summed E-state index contributed by atoms with van der Waals surface area (Å²) in [6.45, 7) is 6.41. The first-order valence-corrected chi connectivity index (χ1v) is 6.41. The van der Waals surface area contributed by atoms with E-state index in [1.54, 1.807) is 11.8 Å². The van der Waals surface area contributed by atoms with Crippen LogP contribution in [0.25, 0.3) is 0 Å². The molecule has 1 N–H and O–H groups in total. The molecule has 0 fully saturated rings. The Morgan fingerprint density at radius 3 is 2.94 bits per heavy atom. The third kappa shape index (κ3) is 6.04. The Bertz CT molecular complexity index is 305. The van der Waals surface area contributed by atoms with E-state index in [2.05, 4.69) is 27.8 Å². The van der Waals surface area contributed by atoms with Crippen molar-refractivity contribution in [1.29, 1.82) is 0 Å². The van der Waals surface area contributed by atoms with Gasteiger partial charge in [0, 0.05) is 20.3 Å². The van der Waals surface area contributed by atoms with Gasteiger partial charge in [-0.1, -0.05) is 13.3 Å². The fourth-order valence-corrected chi connectivity index (χ4v) is 1.40. The SMILES string of the molecule is CCCCOCCn1nnnc1CNCCOC. The highest BCUT2D eigenvalue weighted by Gasteiger charge is 2.04. The number of unbranched alkanes of at least 4 members (excludes halogenated alkanes) is 1. The number of tetrazole rings is 1. The highest BCUT2D eigenvalue weighted by molar-refractivity contribution is 4.79. The standard InChI is InChI=1S/C11H23N5O2/c1-3-4-7-18-9-6-16-11(13-14-15-16)10-12-5-8-17-2/h12H,3-10H2,1-2H3. The van der Waals surface area contributed by atoms with Crippen LogP contribution in [0.1, 0.15) is 25.6 Å². The predicted octanol–water partition coefficient (Wildman–Crippen LogP) is 0.226. The third-order valence-electron chi connectivity index (χ3n) is 2.46. The van der Waals surface area contributed by atoms with Crippen LogP contribution in [-0.4, -0.2) is 53.7 Å². The summed E-state index contributed by atoms with van der Waals surface area (Å²) >= 11 is 0. The van der Waals surface area contributed by atoms with Crippen molar-refractivity contribution in [3.05, 3.63) is 5.82 Å². The first kappa shape index (κ1) is 15.0. The number of rotatable bonds is 11. The minimum absolute atomic E-state index is 0.644. The Morgan fingerprint density at radius 1 is 1.28 bits per heavy atom. The molecule has 1 aromatic heterocycles. The van der Waals surface area contributed by atoms with E-state index in [4.69, 9.17) is 9.47 Å². The molecule has 0 aliphatic carbocycles. The van der Waals surface area contributed by atoms with Crippen LogP contribution in [0.5, 0.6) is 0 Å².